The van der Waals surface area contributed by atoms with Crippen LogP contribution >= 0.6 is 0 Å². The Kier molecular flexibility index (Phi) is 10.1. The average molecular weight is 558 g/mol. The summed E-state index contributed by atoms with van der Waals surface area (Å²) >= 11 is 0. The van der Waals surface area contributed by atoms with Gasteiger partial charge in [-0.05, 0) is 29.7 Å². The molecule has 0 bridgehead atoms. The van der Waals surface area contributed by atoms with Gasteiger partial charge in [-0.2, -0.15) is 0 Å². The minimum Gasteiger partial charge on any atom is -0.744 e. The number of anilines is 1. The van der Waals surface area contributed by atoms with E-state index in [0.29, 0.717) is 24.3 Å². The van der Waals surface area contributed by atoms with Crippen LogP contribution in [0.15, 0.2) is 56.4 Å². The smallest absolute Gasteiger partial charge is 0.744 e. The van der Waals surface area contributed by atoms with Crippen LogP contribution < -0.4 is 64.8 Å². The maximum Gasteiger partial charge on any atom is 1.00 e. The Bertz CT molecular complexity index is 1640. The van der Waals surface area contributed by atoms with Gasteiger partial charge in [0.2, 0.25) is 0 Å². The number of hydrogen-bond acceptors (Lipinski definition) is 13. The van der Waals surface area contributed by atoms with Crippen molar-refractivity contribution in [1.29, 1.82) is 0 Å². The van der Waals surface area contributed by atoms with Crippen LogP contribution in [-0.4, -0.2) is 46.1 Å². The zero-order valence-corrected chi connectivity index (χ0v) is 23.8. The Morgan fingerprint density at radius 3 is 2.03 bits per heavy atom. The Morgan fingerprint density at radius 1 is 0.917 bits per heavy atom. The molecule has 0 amide bonds. The molecule has 0 saturated heterocycles. The Balaban J connectivity index is 0.00000324. The van der Waals surface area contributed by atoms with Crippen LogP contribution in [0.25, 0.3) is 10.8 Å². The number of benzene rings is 3. The van der Waals surface area contributed by atoms with Gasteiger partial charge in [-0.3, -0.25) is 10.1 Å². The number of fused-ring (bicyclic) bond motifs is 1. The summed E-state index contributed by atoms with van der Waals surface area (Å²) in [5.41, 5.74) is 2.29. The summed E-state index contributed by atoms with van der Waals surface area (Å²) in [6.07, 6.45) is 0. The van der Waals surface area contributed by atoms with Crippen LogP contribution in [0.1, 0.15) is 0 Å². The Labute approximate surface area is 245 Å². The number of nitrogens with two attached hydrogens (primary N) is 1. The van der Waals surface area contributed by atoms with Crippen LogP contribution in [0.2, 0.25) is 0 Å². The number of hydrogen-bond donors (Lipinski definition) is 3. The predicted molar refractivity (Wildman–Crippen MR) is 108 cm³/mol. The summed E-state index contributed by atoms with van der Waals surface area (Å²) in [6.45, 7) is 0. The topological polar surface area (TPSA) is 269 Å². The first-order chi connectivity index (χ1) is 15.6. The van der Waals surface area contributed by atoms with Crippen LogP contribution in [0.3, 0.4) is 0 Å². The summed E-state index contributed by atoms with van der Waals surface area (Å²) in [7, 11) is -10.4. The van der Waals surface area contributed by atoms with Crippen molar-refractivity contribution < 1.29 is 105 Å². The van der Waals surface area contributed by atoms with Crippen molar-refractivity contribution in [2.24, 2.45) is 10.2 Å². The number of nitrogens with zero attached hydrogens (tertiary/aromatic N) is 4. The molecule has 20 heteroatoms. The summed E-state index contributed by atoms with van der Waals surface area (Å²) in [5.74, 6) is -1.05. The molecule has 0 aromatic heterocycles. The van der Waals surface area contributed by atoms with Gasteiger partial charge in [-0.15, -0.1) is 10.2 Å². The molecule has 36 heavy (non-hydrogen) atoms. The van der Waals surface area contributed by atoms with Gasteiger partial charge in [-0.25, -0.2) is 22.0 Å². The van der Waals surface area contributed by atoms with E-state index in [1.165, 1.54) is 0 Å². The van der Waals surface area contributed by atoms with Crippen molar-refractivity contribution >= 4 is 59.4 Å². The molecule has 0 spiro atoms. The second kappa shape index (κ2) is 11.4. The van der Waals surface area contributed by atoms with Gasteiger partial charge in [0.25, 0.3) is 10.6 Å². The van der Waals surface area contributed by atoms with Crippen LogP contribution in [0.5, 0.6) is 5.75 Å². The number of azo groups is 1. The Morgan fingerprint density at radius 2 is 1.53 bits per heavy atom. The van der Waals surface area contributed by atoms with Crippen LogP contribution in [0.4, 0.5) is 28.4 Å². The summed E-state index contributed by atoms with van der Waals surface area (Å²) in [5, 5.41) is 36.7. The standard InChI is InChI=1S/C16H11N5O11S2.2Na/c17-10-6-9(33(27,28)29)3-7-4-13(34(30,31)32)15(16(22)14(7)10)19-18-11-2-1-8(20(23)24)5-12(11)21(25)26;;/h1-6H,(H5-,17,18,22,25,26,27,28,29,30,31,32);;/q;2*+1/p-1. The molecule has 0 fully saturated rings. The molecule has 0 aliphatic heterocycles. The molecule has 3 aromatic rings. The quantitative estimate of drug-likeness (QED) is 0.0653. The number of nitro groups is 1. The fourth-order valence-corrected chi connectivity index (χ4v) is 4.08. The van der Waals surface area contributed by atoms with Gasteiger partial charge < -0.3 is 19.9 Å². The number of nitrogen functional groups attached to an aromatic ring is 1. The van der Waals surface area contributed by atoms with E-state index < -0.39 is 79.4 Å². The average Bonchev–Trinajstić information content (AvgIpc) is 2.70. The van der Waals surface area contributed by atoms with E-state index in [0.717, 1.165) is 12.1 Å². The van der Waals surface area contributed by atoms with E-state index in [1.807, 2.05) is 0 Å². The predicted octanol–water partition coefficient (Wildman–Crippen LogP) is -3.93. The molecular weight excluding hydrogens is 548 g/mol. The maximum atomic E-state index is 11.8. The zero-order chi connectivity index (χ0) is 25.6. The number of rotatable bonds is 6. The van der Waals surface area contributed by atoms with Crippen molar-refractivity contribution in [2.45, 2.75) is 9.79 Å². The molecule has 4 N–H and O–H groups in total. The van der Waals surface area contributed by atoms with Crippen LogP contribution in [0, 0.1) is 15.0 Å². The molecule has 3 aromatic carbocycles. The molecule has 178 valence electrons. The zero-order valence-electron chi connectivity index (χ0n) is 18.2. The SMILES string of the molecule is Nc1cc(S(=O)(=O)[O-])cc2cc(S(=O)(=O)[O-])c(N=Nc3ccc([N+](=O)[O-])cc3[N+](=O)O)c(O)c12.[Na+].[Na+]. The molecule has 0 radical (unpaired) electrons. The van der Waals surface area contributed by atoms with E-state index in [2.05, 4.69) is 10.2 Å². The van der Waals surface area contributed by atoms with Crippen molar-refractivity contribution in [3.63, 3.8) is 0 Å². The van der Waals surface area contributed by atoms with E-state index in [-0.39, 0.29) is 64.5 Å². The monoisotopic (exact) mass is 558 g/mol. The Hall–Kier alpha value is -2.26. The van der Waals surface area contributed by atoms with E-state index >= 15 is 0 Å². The fourth-order valence-electron chi connectivity index (χ4n) is 2.89. The second-order valence-electron chi connectivity index (χ2n) is 6.49. The minimum absolute atomic E-state index is 0. The first kappa shape index (κ1) is 31.8. The number of phenols is 1. The third-order valence-corrected chi connectivity index (χ3v) is 6.01. The molecule has 0 aliphatic rings. The van der Waals surface area contributed by atoms with Crippen LogP contribution in [-0.2, 0) is 20.2 Å². The van der Waals surface area contributed by atoms with Crippen molar-refractivity contribution in [3.05, 3.63) is 51.4 Å². The molecule has 0 atom stereocenters. The third-order valence-electron chi connectivity index (χ3n) is 4.35. The minimum atomic E-state index is -5.40. The van der Waals surface area contributed by atoms with Crippen molar-refractivity contribution in [2.75, 3.05) is 5.73 Å². The number of nitro benzene ring substituents is 1. The normalized spacial score (nSPS) is 11.6. The summed E-state index contributed by atoms with van der Waals surface area (Å²) in [4.78, 5) is 18.5. The van der Waals surface area contributed by atoms with Gasteiger partial charge in [0.05, 0.1) is 19.6 Å². The molecule has 0 aliphatic carbocycles. The maximum absolute atomic E-state index is 11.8. The number of non-ortho nitro benzene ring substituents is 1. The van der Waals surface area contributed by atoms with Gasteiger partial charge in [-0.1, -0.05) is 0 Å². The summed E-state index contributed by atoms with van der Waals surface area (Å²) < 4.78 is 69.2. The first-order valence-corrected chi connectivity index (χ1v) is 11.3. The fraction of sp³-hybridized carbons (Fsp3) is 0. The molecule has 3 rings (SSSR count). The molecule has 16 nitrogen and oxygen atoms in total. The van der Waals surface area contributed by atoms with Crippen molar-refractivity contribution in [1.82, 2.24) is 0 Å². The molecule has 0 unspecified atom stereocenters. The van der Waals surface area contributed by atoms with Gasteiger partial charge in [0.15, 0.2) is 11.4 Å². The third kappa shape index (κ3) is 6.54. The van der Waals surface area contributed by atoms with Gasteiger partial charge in [0, 0.05) is 17.1 Å². The van der Waals surface area contributed by atoms with E-state index in [4.69, 9.17) is 5.73 Å². The number of phenolic OH excluding ortho intramolecular Hbond substituents is 1. The summed E-state index contributed by atoms with van der Waals surface area (Å²) in [6, 6.07) is 4.32. The van der Waals surface area contributed by atoms with Crippen molar-refractivity contribution in [3.8, 4) is 5.75 Å². The number of aromatic hydroxyl groups is 1. The first-order valence-electron chi connectivity index (χ1n) is 8.48. The second-order valence-corrected chi connectivity index (χ2v) is 9.22. The van der Waals surface area contributed by atoms with E-state index in [1.54, 1.807) is 0 Å². The largest absolute Gasteiger partial charge is 1.00 e. The molecular formula is C16H10N5Na2O11S2+. The molecule has 0 saturated carbocycles. The van der Waals surface area contributed by atoms with Gasteiger partial charge >= 0.3 is 64.8 Å². The van der Waals surface area contributed by atoms with Gasteiger partial charge in [0.1, 0.15) is 32.0 Å². The molecule has 0 heterocycles. The van der Waals surface area contributed by atoms with E-state index in [9.17, 15) is 51.3 Å².